The Morgan fingerprint density at radius 2 is 1.89 bits per heavy atom. The summed E-state index contributed by atoms with van der Waals surface area (Å²) in [5.74, 6) is 0.0754. The van der Waals surface area contributed by atoms with E-state index in [9.17, 15) is 13.2 Å². The van der Waals surface area contributed by atoms with Crippen LogP contribution >= 0.6 is 0 Å². The summed E-state index contributed by atoms with van der Waals surface area (Å²) in [5, 5.41) is 0. The molecule has 3 rings (SSSR count). The lowest BCUT2D eigenvalue weighted by molar-refractivity contribution is -0.136. The lowest BCUT2D eigenvalue weighted by atomic mass is 9.90. The molecular formula is C20H31N3O3S. The third kappa shape index (κ3) is 4.05. The maximum atomic E-state index is 13.0. The highest BCUT2D eigenvalue weighted by atomic mass is 32.2. The van der Waals surface area contributed by atoms with Crippen LogP contribution in [0, 0.1) is 25.2 Å². The first kappa shape index (κ1) is 20.3. The second kappa shape index (κ2) is 7.53. The van der Waals surface area contributed by atoms with E-state index < -0.39 is 10.0 Å². The molecule has 2 N–H and O–H groups in total. The van der Waals surface area contributed by atoms with E-state index in [1.54, 1.807) is 6.07 Å². The second-order valence-corrected chi connectivity index (χ2v) is 10.4. The minimum atomic E-state index is -3.51. The molecule has 7 heteroatoms. The third-order valence-corrected chi connectivity index (χ3v) is 8.17. The summed E-state index contributed by atoms with van der Waals surface area (Å²) in [6.45, 7) is 8.76. The maximum absolute atomic E-state index is 13.0. The zero-order valence-electron chi connectivity index (χ0n) is 16.6. The fourth-order valence-corrected chi connectivity index (χ4v) is 5.88. The number of hydrogen-bond acceptors (Lipinski definition) is 4. The van der Waals surface area contributed by atoms with Gasteiger partial charge in [0.05, 0.1) is 4.90 Å². The average molecular weight is 394 g/mol. The second-order valence-electron chi connectivity index (χ2n) is 8.47. The minimum Gasteiger partial charge on any atom is -0.342 e. The Labute approximate surface area is 162 Å². The molecule has 2 saturated heterocycles. The maximum Gasteiger partial charge on any atom is 0.243 e. The molecule has 1 aromatic rings. The van der Waals surface area contributed by atoms with E-state index in [-0.39, 0.29) is 17.2 Å². The number of aryl methyl sites for hydroxylation is 2. The molecule has 0 aromatic heterocycles. The Morgan fingerprint density at radius 3 is 2.44 bits per heavy atom. The van der Waals surface area contributed by atoms with Crippen molar-refractivity contribution < 1.29 is 13.2 Å². The summed E-state index contributed by atoms with van der Waals surface area (Å²) in [6.07, 6.45) is 2.10. The Bertz CT molecular complexity index is 816. The lowest BCUT2D eigenvalue weighted by Gasteiger charge is -2.33. The van der Waals surface area contributed by atoms with E-state index in [0.29, 0.717) is 43.9 Å². The SMILES string of the molecule is Cc1ccc(S(=O)(=O)N2CCC(C(=O)N3CCC(C)(CN)C3)CC2)c(C)c1. The molecule has 1 aromatic carbocycles. The van der Waals surface area contributed by atoms with Crippen LogP contribution in [0.15, 0.2) is 23.1 Å². The van der Waals surface area contributed by atoms with Gasteiger partial charge in [-0.3, -0.25) is 4.79 Å². The number of nitrogens with two attached hydrogens (primary N) is 1. The molecule has 2 heterocycles. The molecule has 0 spiro atoms. The number of rotatable bonds is 4. The minimum absolute atomic E-state index is 0.0165. The monoisotopic (exact) mass is 393 g/mol. The van der Waals surface area contributed by atoms with Crippen molar-refractivity contribution in [2.24, 2.45) is 17.1 Å². The summed E-state index contributed by atoms with van der Waals surface area (Å²) in [5.41, 5.74) is 7.67. The van der Waals surface area contributed by atoms with Gasteiger partial charge in [-0.15, -0.1) is 0 Å². The number of sulfonamides is 1. The molecular weight excluding hydrogens is 362 g/mol. The summed E-state index contributed by atoms with van der Waals surface area (Å²) in [7, 11) is -3.51. The van der Waals surface area contributed by atoms with Crippen LogP contribution in [0.2, 0.25) is 0 Å². The van der Waals surface area contributed by atoms with Crippen LogP contribution in [-0.4, -0.2) is 56.3 Å². The van der Waals surface area contributed by atoms with Crippen molar-refractivity contribution in [2.75, 3.05) is 32.7 Å². The molecule has 2 aliphatic rings. The first-order valence-electron chi connectivity index (χ1n) is 9.72. The summed E-state index contributed by atoms with van der Waals surface area (Å²) in [6, 6.07) is 5.41. The first-order valence-corrected chi connectivity index (χ1v) is 11.2. The molecule has 1 unspecified atom stereocenters. The van der Waals surface area contributed by atoms with Gasteiger partial charge in [-0.1, -0.05) is 24.6 Å². The van der Waals surface area contributed by atoms with Crippen LogP contribution in [0.3, 0.4) is 0 Å². The van der Waals surface area contributed by atoms with Crippen LogP contribution in [0.1, 0.15) is 37.3 Å². The molecule has 27 heavy (non-hydrogen) atoms. The smallest absolute Gasteiger partial charge is 0.243 e. The number of carbonyl (C=O) groups is 1. The van der Waals surface area contributed by atoms with Gasteiger partial charge in [-0.2, -0.15) is 4.31 Å². The number of amides is 1. The number of hydrogen-bond donors (Lipinski definition) is 1. The predicted octanol–water partition coefficient (Wildman–Crippen LogP) is 1.90. The molecule has 1 amide bonds. The highest BCUT2D eigenvalue weighted by molar-refractivity contribution is 7.89. The van der Waals surface area contributed by atoms with Gasteiger partial charge in [0.15, 0.2) is 0 Å². The van der Waals surface area contributed by atoms with Gasteiger partial charge < -0.3 is 10.6 Å². The summed E-state index contributed by atoms with van der Waals surface area (Å²) < 4.78 is 27.5. The summed E-state index contributed by atoms with van der Waals surface area (Å²) in [4.78, 5) is 15.1. The van der Waals surface area contributed by atoms with Crippen LogP contribution in [0.5, 0.6) is 0 Å². The van der Waals surface area contributed by atoms with Gasteiger partial charge in [-0.25, -0.2) is 8.42 Å². The fourth-order valence-electron chi connectivity index (χ4n) is 4.21. The largest absolute Gasteiger partial charge is 0.342 e. The fraction of sp³-hybridized carbons (Fsp3) is 0.650. The zero-order chi connectivity index (χ0) is 19.8. The standard InChI is InChI=1S/C20H31N3O3S/c1-15-4-5-18(16(2)12-15)27(25,26)23-9-6-17(7-10-23)19(24)22-11-8-20(3,13-21)14-22/h4-5,12,17H,6-11,13-14,21H2,1-3H3. The average Bonchev–Trinajstić information content (AvgIpc) is 3.04. The Kier molecular flexibility index (Phi) is 5.66. The van der Waals surface area contributed by atoms with Gasteiger partial charge in [-0.05, 0) is 56.7 Å². The molecule has 2 fully saturated rings. The Morgan fingerprint density at radius 1 is 1.22 bits per heavy atom. The Balaban J connectivity index is 1.64. The highest BCUT2D eigenvalue weighted by Gasteiger charge is 2.39. The van der Waals surface area contributed by atoms with Gasteiger partial charge in [0.25, 0.3) is 0 Å². The van der Waals surface area contributed by atoms with Gasteiger partial charge in [0.2, 0.25) is 15.9 Å². The third-order valence-electron chi connectivity index (χ3n) is 6.11. The molecule has 2 aliphatic heterocycles. The summed E-state index contributed by atoms with van der Waals surface area (Å²) >= 11 is 0. The van der Waals surface area contributed by atoms with E-state index >= 15 is 0 Å². The van der Waals surface area contributed by atoms with E-state index in [1.807, 2.05) is 30.9 Å². The number of nitrogens with zero attached hydrogens (tertiary/aromatic N) is 2. The van der Waals surface area contributed by atoms with Gasteiger partial charge in [0.1, 0.15) is 0 Å². The van der Waals surface area contributed by atoms with Crippen molar-refractivity contribution in [2.45, 2.75) is 44.9 Å². The Hall–Kier alpha value is -1.44. The lowest BCUT2D eigenvalue weighted by Crippen LogP contribution is -2.44. The van der Waals surface area contributed by atoms with Crippen molar-refractivity contribution in [3.05, 3.63) is 29.3 Å². The molecule has 0 radical (unpaired) electrons. The van der Waals surface area contributed by atoms with Crippen LogP contribution < -0.4 is 5.73 Å². The van der Waals surface area contributed by atoms with E-state index in [2.05, 4.69) is 6.92 Å². The van der Waals surface area contributed by atoms with Gasteiger partial charge in [0, 0.05) is 32.1 Å². The van der Waals surface area contributed by atoms with Crippen LogP contribution in [0.4, 0.5) is 0 Å². The van der Waals surface area contributed by atoms with Crippen LogP contribution in [-0.2, 0) is 14.8 Å². The van der Waals surface area contributed by atoms with Crippen molar-refractivity contribution in [3.63, 3.8) is 0 Å². The first-order chi connectivity index (χ1) is 12.7. The number of piperidine rings is 1. The number of carbonyl (C=O) groups excluding carboxylic acids is 1. The van der Waals surface area contributed by atoms with Crippen molar-refractivity contribution >= 4 is 15.9 Å². The van der Waals surface area contributed by atoms with Gasteiger partial charge >= 0.3 is 0 Å². The quantitative estimate of drug-likeness (QED) is 0.847. The predicted molar refractivity (Wildman–Crippen MR) is 106 cm³/mol. The van der Waals surface area contributed by atoms with E-state index in [4.69, 9.17) is 5.73 Å². The van der Waals surface area contributed by atoms with E-state index in [1.165, 1.54) is 4.31 Å². The van der Waals surface area contributed by atoms with E-state index in [0.717, 1.165) is 24.1 Å². The highest BCUT2D eigenvalue weighted by Crippen LogP contribution is 2.32. The molecule has 150 valence electrons. The molecule has 0 saturated carbocycles. The van der Waals surface area contributed by atoms with Crippen molar-refractivity contribution in [1.82, 2.24) is 9.21 Å². The van der Waals surface area contributed by atoms with Crippen molar-refractivity contribution in [3.8, 4) is 0 Å². The molecule has 6 nitrogen and oxygen atoms in total. The molecule has 0 aliphatic carbocycles. The van der Waals surface area contributed by atoms with Crippen LogP contribution in [0.25, 0.3) is 0 Å². The molecule has 1 atom stereocenters. The molecule has 0 bridgehead atoms. The topological polar surface area (TPSA) is 83.7 Å². The number of benzene rings is 1. The van der Waals surface area contributed by atoms with Crippen molar-refractivity contribution in [1.29, 1.82) is 0 Å². The number of likely N-dealkylation sites (tertiary alicyclic amines) is 1. The normalized spacial score (nSPS) is 25.1. The zero-order valence-corrected chi connectivity index (χ0v) is 17.4.